The minimum absolute atomic E-state index is 0.180. The Labute approximate surface area is 102 Å². The number of hydrogen-bond acceptors (Lipinski definition) is 2. The Bertz CT molecular complexity index is 372. The second kappa shape index (κ2) is 5.07. The molecule has 0 amide bonds. The number of aryl methyl sites for hydroxylation is 1. The molecule has 1 aliphatic rings. The number of aromatic hydroxyl groups is 1. The monoisotopic (exact) mass is 239 g/mol. The maximum atomic E-state index is 9.48. The smallest absolute Gasteiger partial charge is 0.134 e. The number of rotatable bonds is 2. The van der Waals surface area contributed by atoms with Crippen molar-refractivity contribution in [3.63, 3.8) is 0 Å². The summed E-state index contributed by atoms with van der Waals surface area (Å²) in [6.45, 7) is 3.14. The Kier molecular flexibility index (Phi) is 3.72. The van der Waals surface area contributed by atoms with E-state index in [0.29, 0.717) is 11.1 Å². The lowest BCUT2D eigenvalue weighted by Crippen LogP contribution is -2.35. The van der Waals surface area contributed by atoms with Gasteiger partial charge in [0.1, 0.15) is 5.75 Å². The molecule has 1 saturated heterocycles. The first-order chi connectivity index (χ1) is 7.66. The molecule has 1 heterocycles. The van der Waals surface area contributed by atoms with E-state index in [0.717, 1.165) is 18.5 Å². The first-order valence-corrected chi connectivity index (χ1v) is 6.26. The highest BCUT2D eigenvalue weighted by Crippen LogP contribution is 2.28. The van der Waals surface area contributed by atoms with E-state index in [9.17, 15) is 5.11 Å². The van der Waals surface area contributed by atoms with E-state index >= 15 is 0 Å². The first-order valence-electron chi connectivity index (χ1n) is 5.88. The van der Waals surface area contributed by atoms with Gasteiger partial charge < -0.3 is 10.4 Å². The predicted octanol–water partition coefficient (Wildman–Crippen LogP) is 3.04. The van der Waals surface area contributed by atoms with Gasteiger partial charge in [-0.2, -0.15) is 0 Å². The van der Waals surface area contributed by atoms with Crippen molar-refractivity contribution in [1.82, 2.24) is 5.32 Å². The molecule has 0 aromatic heterocycles. The van der Waals surface area contributed by atoms with Crippen LogP contribution in [0.15, 0.2) is 12.1 Å². The molecular formula is C13H18ClNO. The van der Waals surface area contributed by atoms with Crippen LogP contribution in [0.2, 0.25) is 5.02 Å². The highest BCUT2D eigenvalue weighted by Gasteiger charge is 2.15. The minimum Gasteiger partial charge on any atom is -0.506 e. The Balaban J connectivity index is 2.11. The zero-order valence-corrected chi connectivity index (χ0v) is 10.3. The molecule has 3 heteroatoms. The molecule has 2 rings (SSSR count). The molecule has 1 aliphatic heterocycles. The van der Waals surface area contributed by atoms with Crippen molar-refractivity contribution in [2.45, 2.75) is 38.6 Å². The Hall–Kier alpha value is -0.730. The van der Waals surface area contributed by atoms with Crippen LogP contribution in [-0.2, 0) is 6.42 Å². The molecular weight excluding hydrogens is 222 g/mol. The van der Waals surface area contributed by atoms with Gasteiger partial charge in [-0.3, -0.25) is 0 Å². The summed E-state index contributed by atoms with van der Waals surface area (Å²) in [6, 6.07) is 4.20. The topological polar surface area (TPSA) is 32.3 Å². The summed E-state index contributed by atoms with van der Waals surface area (Å²) in [5, 5.41) is 13.5. The van der Waals surface area contributed by atoms with Gasteiger partial charge in [0, 0.05) is 6.04 Å². The first kappa shape index (κ1) is 11.7. The van der Waals surface area contributed by atoms with Crippen LogP contribution in [0, 0.1) is 6.92 Å². The van der Waals surface area contributed by atoms with Crippen molar-refractivity contribution in [1.29, 1.82) is 0 Å². The van der Waals surface area contributed by atoms with Gasteiger partial charge in [0.2, 0.25) is 0 Å². The molecule has 2 nitrogen and oxygen atoms in total. The van der Waals surface area contributed by atoms with Gasteiger partial charge in [0.05, 0.1) is 5.02 Å². The minimum atomic E-state index is 0.180. The van der Waals surface area contributed by atoms with Crippen LogP contribution in [-0.4, -0.2) is 17.7 Å². The van der Waals surface area contributed by atoms with Gasteiger partial charge in [0.25, 0.3) is 0 Å². The second-order valence-corrected chi connectivity index (χ2v) is 4.99. The Morgan fingerprint density at radius 3 is 2.94 bits per heavy atom. The van der Waals surface area contributed by atoms with Crippen molar-refractivity contribution in [3.05, 3.63) is 28.3 Å². The summed E-state index contributed by atoms with van der Waals surface area (Å²) in [6.07, 6.45) is 4.83. The van der Waals surface area contributed by atoms with E-state index < -0.39 is 0 Å². The molecule has 1 atom stereocenters. The van der Waals surface area contributed by atoms with E-state index in [1.54, 1.807) is 6.07 Å². The normalized spacial score (nSPS) is 21.0. The molecule has 0 radical (unpaired) electrons. The lowest BCUT2D eigenvalue weighted by Gasteiger charge is -2.24. The fourth-order valence-electron chi connectivity index (χ4n) is 2.29. The summed E-state index contributed by atoms with van der Waals surface area (Å²) in [5.41, 5.74) is 2.36. The lowest BCUT2D eigenvalue weighted by molar-refractivity contribution is 0.398. The molecule has 16 heavy (non-hydrogen) atoms. The highest BCUT2D eigenvalue weighted by molar-refractivity contribution is 6.32. The van der Waals surface area contributed by atoms with Crippen molar-refractivity contribution < 1.29 is 5.11 Å². The summed E-state index contributed by atoms with van der Waals surface area (Å²) >= 11 is 5.93. The Morgan fingerprint density at radius 1 is 1.44 bits per heavy atom. The molecule has 2 N–H and O–H groups in total. The summed E-state index contributed by atoms with van der Waals surface area (Å²) < 4.78 is 0. The van der Waals surface area contributed by atoms with E-state index in [2.05, 4.69) is 5.32 Å². The average molecular weight is 240 g/mol. The predicted molar refractivity (Wildman–Crippen MR) is 67.2 cm³/mol. The molecule has 1 fully saturated rings. The molecule has 88 valence electrons. The van der Waals surface area contributed by atoms with Gasteiger partial charge in [0.15, 0.2) is 0 Å². The maximum absolute atomic E-state index is 9.48. The fraction of sp³-hybridized carbons (Fsp3) is 0.538. The number of benzene rings is 1. The van der Waals surface area contributed by atoms with Gasteiger partial charge in [-0.1, -0.05) is 18.0 Å². The molecule has 1 aromatic rings. The summed E-state index contributed by atoms with van der Waals surface area (Å²) in [5.74, 6) is 0.180. The largest absolute Gasteiger partial charge is 0.506 e. The van der Waals surface area contributed by atoms with E-state index in [4.69, 9.17) is 11.6 Å². The van der Waals surface area contributed by atoms with Crippen molar-refractivity contribution in [2.24, 2.45) is 0 Å². The third kappa shape index (κ3) is 2.69. The van der Waals surface area contributed by atoms with Gasteiger partial charge in [-0.05, 0) is 56.0 Å². The second-order valence-electron chi connectivity index (χ2n) is 4.58. The molecule has 0 bridgehead atoms. The van der Waals surface area contributed by atoms with Gasteiger partial charge >= 0.3 is 0 Å². The van der Waals surface area contributed by atoms with Gasteiger partial charge in [-0.25, -0.2) is 0 Å². The molecule has 0 saturated carbocycles. The van der Waals surface area contributed by atoms with Crippen LogP contribution < -0.4 is 5.32 Å². The average Bonchev–Trinajstić information content (AvgIpc) is 2.27. The van der Waals surface area contributed by atoms with Crippen LogP contribution in [0.25, 0.3) is 0 Å². The summed E-state index contributed by atoms with van der Waals surface area (Å²) in [4.78, 5) is 0. The van der Waals surface area contributed by atoms with E-state index in [1.165, 1.54) is 24.8 Å². The quantitative estimate of drug-likeness (QED) is 0.832. The Morgan fingerprint density at radius 2 is 2.25 bits per heavy atom. The van der Waals surface area contributed by atoms with Crippen LogP contribution in [0.5, 0.6) is 5.75 Å². The number of piperidine rings is 1. The number of halogens is 1. The maximum Gasteiger partial charge on any atom is 0.134 e. The van der Waals surface area contributed by atoms with Gasteiger partial charge in [-0.15, -0.1) is 0 Å². The number of phenols is 1. The molecule has 0 aliphatic carbocycles. The molecule has 1 unspecified atom stereocenters. The number of hydrogen-bond donors (Lipinski definition) is 2. The van der Waals surface area contributed by atoms with E-state index in [-0.39, 0.29) is 5.75 Å². The van der Waals surface area contributed by atoms with Crippen molar-refractivity contribution in [2.75, 3.05) is 6.54 Å². The SMILES string of the molecule is Cc1cc(O)c(Cl)cc1CC1CCCCN1. The zero-order valence-electron chi connectivity index (χ0n) is 9.59. The highest BCUT2D eigenvalue weighted by atomic mass is 35.5. The lowest BCUT2D eigenvalue weighted by atomic mass is 9.95. The third-order valence-corrected chi connectivity index (χ3v) is 3.59. The van der Waals surface area contributed by atoms with Crippen molar-refractivity contribution in [3.8, 4) is 5.75 Å². The number of phenolic OH excluding ortho intramolecular Hbond substituents is 1. The van der Waals surface area contributed by atoms with E-state index in [1.807, 2.05) is 13.0 Å². The van der Waals surface area contributed by atoms with Crippen LogP contribution in [0.3, 0.4) is 0 Å². The van der Waals surface area contributed by atoms with Crippen LogP contribution in [0.1, 0.15) is 30.4 Å². The van der Waals surface area contributed by atoms with Crippen LogP contribution in [0.4, 0.5) is 0 Å². The van der Waals surface area contributed by atoms with Crippen molar-refractivity contribution >= 4 is 11.6 Å². The molecule has 1 aromatic carbocycles. The van der Waals surface area contributed by atoms with Crippen LogP contribution >= 0.6 is 11.6 Å². The summed E-state index contributed by atoms with van der Waals surface area (Å²) in [7, 11) is 0. The standard InChI is InChI=1S/C13H18ClNO/c1-9-6-13(16)12(14)8-10(9)7-11-4-2-3-5-15-11/h6,8,11,15-16H,2-5,7H2,1H3. The molecule has 0 spiro atoms. The number of nitrogens with one attached hydrogen (secondary N) is 1. The zero-order chi connectivity index (χ0) is 11.5. The third-order valence-electron chi connectivity index (χ3n) is 3.28. The fourth-order valence-corrected chi connectivity index (χ4v) is 2.48.